The molecule has 8 heteroatoms. The number of halogens is 3. The van der Waals surface area contributed by atoms with Crippen molar-refractivity contribution in [2.45, 2.75) is 37.9 Å². The van der Waals surface area contributed by atoms with Gasteiger partial charge >= 0.3 is 12.1 Å². The highest BCUT2D eigenvalue weighted by molar-refractivity contribution is 7.09. The number of carboxylic acid groups (broad SMARTS) is 1. The highest BCUT2D eigenvalue weighted by atomic mass is 32.1. The van der Waals surface area contributed by atoms with Gasteiger partial charge in [-0.15, -0.1) is 11.3 Å². The van der Waals surface area contributed by atoms with E-state index in [9.17, 15) is 22.8 Å². The average molecular weight is 309 g/mol. The highest BCUT2D eigenvalue weighted by Gasteiger charge is 2.36. The van der Waals surface area contributed by atoms with E-state index in [1.165, 1.54) is 11.3 Å². The van der Waals surface area contributed by atoms with Gasteiger partial charge in [-0.3, -0.25) is 4.79 Å². The van der Waals surface area contributed by atoms with Crippen LogP contribution in [-0.4, -0.2) is 29.2 Å². The molecule has 0 aliphatic rings. The van der Waals surface area contributed by atoms with E-state index in [0.717, 1.165) is 4.88 Å². The van der Waals surface area contributed by atoms with Crippen molar-refractivity contribution in [2.24, 2.45) is 0 Å². The van der Waals surface area contributed by atoms with Crippen LogP contribution in [-0.2, 0) is 16.0 Å². The van der Waals surface area contributed by atoms with E-state index >= 15 is 0 Å². The van der Waals surface area contributed by atoms with E-state index in [2.05, 4.69) is 0 Å². The van der Waals surface area contributed by atoms with Crippen LogP contribution in [0.25, 0.3) is 0 Å². The summed E-state index contributed by atoms with van der Waals surface area (Å²) in [6, 6.07) is 1.83. The summed E-state index contributed by atoms with van der Waals surface area (Å²) in [7, 11) is 0. The number of nitrogens with one attached hydrogen (secondary N) is 1. The van der Waals surface area contributed by atoms with Gasteiger partial charge in [0.1, 0.15) is 6.04 Å². The zero-order chi connectivity index (χ0) is 15.2. The van der Waals surface area contributed by atoms with Crippen molar-refractivity contribution in [3.05, 3.63) is 22.4 Å². The molecule has 1 rings (SSSR count). The van der Waals surface area contributed by atoms with Crippen LogP contribution < -0.4 is 5.32 Å². The maximum Gasteiger partial charge on any atom is 0.391 e. The fourth-order valence-corrected chi connectivity index (χ4v) is 2.33. The Hall–Kier alpha value is -1.57. The van der Waals surface area contributed by atoms with Gasteiger partial charge in [0.15, 0.2) is 0 Å². The minimum absolute atomic E-state index is 0.000459. The zero-order valence-corrected chi connectivity index (χ0v) is 11.3. The topological polar surface area (TPSA) is 66.4 Å². The predicted molar refractivity (Wildman–Crippen MR) is 67.5 cm³/mol. The number of aliphatic carboxylic acids is 1. The molecule has 1 heterocycles. The van der Waals surface area contributed by atoms with Gasteiger partial charge in [-0.25, -0.2) is 4.79 Å². The van der Waals surface area contributed by atoms with E-state index in [4.69, 9.17) is 5.11 Å². The Kier molecular flexibility index (Phi) is 6.00. The molecule has 20 heavy (non-hydrogen) atoms. The lowest BCUT2D eigenvalue weighted by atomic mass is 10.1. The van der Waals surface area contributed by atoms with E-state index in [-0.39, 0.29) is 6.42 Å². The molecule has 0 saturated heterocycles. The molecule has 0 bridgehead atoms. The molecular weight excluding hydrogens is 295 g/mol. The number of carboxylic acids is 1. The summed E-state index contributed by atoms with van der Waals surface area (Å²) in [5.41, 5.74) is 0. The summed E-state index contributed by atoms with van der Waals surface area (Å²) in [6.07, 6.45) is -5.10. The molecule has 4 nitrogen and oxygen atoms in total. The maximum atomic E-state index is 12.1. The standard InChI is InChI=1S/C12H14F3NO3S/c13-12(14,15)7-9(11(18)19)16-10(17)5-1-3-8-4-2-6-20-8/h2,4,6,9H,1,3,5,7H2,(H,16,17)(H,18,19). The first-order valence-corrected chi connectivity index (χ1v) is 6.77. The van der Waals surface area contributed by atoms with E-state index in [1.54, 1.807) is 0 Å². The lowest BCUT2D eigenvalue weighted by Gasteiger charge is -2.16. The number of aryl methyl sites for hydroxylation is 1. The summed E-state index contributed by atoms with van der Waals surface area (Å²) in [5, 5.41) is 12.4. The molecule has 0 aromatic carbocycles. The second kappa shape index (κ2) is 7.28. The first-order valence-electron chi connectivity index (χ1n) is 5.89. The second-order valence-electron chi connectivity index (χ2n) is 4.21. The van der Waals surface area contributed by atoms with Crippen molar-refractivity contribution in [3.8, 4) is 0 Å². The molecule has 1 aromatic heterocycles. The van der Waals surface area contributed by atoms with E-state index in [0.29, 0.717) is 12.8 Å². The Morgan fingerprint density at radius 1 is 1.40 bits per heavy atom. The number of hydrogen-bond acceptors (Lipinski definition) is 3. The van der Waals surface area contributed by atoms with Crippen LogP contribution in [0.15, 0.2) is 17.5 Å². The molecule has 0 aliphatic carbocycles. The smallest absolute Gasteiger partial charge is 0.391 e. The van der Waals surface area contributed by atoms with Crippen molar-refractivity contribution in [1.29, 1.82) is 0 Å². The monoisotopic (exact) mass is 309 g/mol. The quantitative estimate of drug-likeness (QED) is 0.813. The maximum absolute atomic E-state index is 12.1. The van der Waals surface area contributed by atoms with Gasteiger partial charge in [0.25, 0.3) is 0 Å². The fourth-order valence-electron chi connectivity index (χ4n) is 1.58. The third-order valence-corrected chi connectivity index (χ3v) is 3.41. The molecule has 0 aliphatic heterocycles. The number of thiophene rings is 1. The first kappa shape index (κ1) is 16.5. The number of carbonyl (C=O) groups excluding carboxylic acids is 1. The SMILES string of the molecule is O=C(CCCc1cccs1)NC(CC(F)(F)F)C(=O)O. The minimum atomic E-state index is -4.63. The van der Waals surface area contributed by atoms with Crippen LogP contribution in [0.4, 0.5) is 13.2 Å². The van der Waals surface area contributed by atoms with Crippen molar-refractivity contribution in [1.82, 2.24) is 5.32 Å². The number of alkyl halides is 3. The summed E-state index contributed by atoms with van der Waals surface area (Å²) >= 11 is 1.53. The lowest BCUT2D eigenvalue weighted by Crippen LogP contribution is -2.43. The molecule has 0 spiro atoms. The second-order valence-corrected chi connectivity index (χ2v) is 5.24. The van der Waals surface area contributed by atoms with E-state index in [1.807, 2.05) is 22.8 Å². The van der Waals surface area contributed by atoms with Gasteiger partial charge in [-0.05, 0) is 24.3 Å². The average Bonchev–Trinajstić information content (AvgIpc) is 2.79. The summed E-state index contributed by atoms with van der Waals surface area (Å²) in [4.78, 5) is 23.2. The molecule has 1 aromatic rings. The summed E-state index contributed by atoms with van der Waals surface area (Å²) in [5.74, 6) is -2.37. The predicted octanol–water partition coefficient (Wildman–Crippen LogP) is 2.59. The molecule has 1 unspecified atom stereocenters. The van der Waals surface area contributed by atoms with Crippen LogP contribution in [0, 0.1) is 0 Å². The summed E-state index contributed by atoms with van der Waals surface area (Å²) < 4.78 is 36.4. The van der Waals surface area contributed by atoms with Gasteiger partial charge in [-0.1, -0.05) is 6.07 Å². The van der Waals surface area contributed by atoms with Crippen molar-refractivity contribution in [2.75, 3.05) is 0 Å². The Morgan fingerprint density at radius 3 is 2.60 bits per heavy atom. The molecule has 1 atom stereocenters. The molecule has 1 amide bonds. The molecule has 0 saturated carbocycles. The molecule has 0 fully saturated rings. The highest BCUT2D eigenvalue weighted by Crippen LogP contribution is 2.21. The molecule has 2 N–H and O–H groups in total. The number of hydrogen-bond donors (Lipinski definition) is 2. The van der Waals surface area contributed by atoms with Gasteiger partial charge in [0, 0.05) is 11.3 Å². The van der Waals surface area contributed by atoms with Gasteiger partial charge in [0.2, 0.25) is 5.91 Å². The van der Waals surface area contributed by atoms with Crippen LogP contribution in [0.3, 0.4) is 0 Å². The van der Waals surface area contributed by atoms with E-state index < -0.39 is 30.5 Å². The van der Waals surface area contributed by atoms with Crippen LogP contribution in [0.5, 0.6) is 0 Å². The van der Waals surface area contributed by atoms with Crippen LogP contribution in [0.1, 0.15) is 24.1 Å². The zero-order valence-electron chi connectivity index (χ0n) is 10.4. The van der Waals surface area contributed by atoms with Crippen LogP contribution >= 0.6 is 11.3 Å². The summed E-state index contributed by atoms with van der Waals surface area (Å²) in [6.45, 7) is 0. The number of carbonyl (C=O) groups is 2. The van der Waals surface area contributed by atoms with Crippen molar-refractivity contribution >= 4 is 23.2 Å². The Labute approximate surface area is 117 Å². The first-order chi connectivity index (χ1) is 9.28. The Bertz CT molecular complexity index is 445. The molecule has 112 valence electrons. The fraction of sp³-hybridized carbons (Fsp3) is 0.500. The van der Waals surface area contributed by atoms with Crippen LogP contribution in [0.2, 0.25) is 0 Å². The van der Waals surface area contributed by atoms with Gasteiger partial charge < -0.3 is 10.4 Å². The molecular formula is C12H14F3NO3S. The molecule has 0 radical (unpaired) electrons. The third-order valence-electron chi connectivity index (χ3n) is 2.48. The Morgan fingerprint density at radius 2 is 2.10 bits per heavy atom. The lowest BCUT2D eigenvalue weighted by molar-refractivity contribution is -0.160. The number of rotatable bonds is 7. The van der Waals surface area contributed by atoms with Crippen molar-refractivity contribution in [3.63, 3.8) is 0 Å². The van der Waals surface area contributed by atoms with Crippen molar-refractivity contribution < 1.29 is 27.9 Å². The Balaban J connectivity index is 2.36. The normalized spacial score (nSPS) is 12.9. The van der Waals surface area contributed by atoms with Gasteiger partial charge in [-0.2, -0.15) is 13.2 Å². The minimum Gasteiger partial charge on any atom is -0.480 e. The number of amides is 1. The van der Waals surface area contributed by atoms with Gasteiger partial charge in [0.05, 0.1) is 6.42 Å². The largest absolute Gasteiger partial charge is 0.480 e. The third kappa shape index (κ3) is 6.55.